The summed E-state index contributed by atoms with van der Waals surface area (Å²) in [6, 6.07) is 12.8. The second kappa shape index (κ2) is 6.59. The molecule has 0 aliphatic carbocycles. The molecule has 0 radical (unpaired) electrons. The van der Waals surface area contributed by atoms with Crippen LogP contribution in [-0.4, -0.2) is 21.0 Å². The number of nitrogens with zero attached hydrogens (tertiary/aromatic N) is 6. The highest BCUT2D eigenvalue weighted by molar-refractivity contribution is 5.45. The predicted octanol–water partition coefficient (Wildman–Crippen LogP) is 1.02. The fourth-order valence-corrected chi connectivity index (χ4v) is 3.04. The van der Waals surface area contributed by atoms with Crippen molar-refractivity contribution in [3.05, 3.63) is 60.2 Å². The van der Waals surface area contributed by atoms with Crippen LogP contribution in [0, 0.1) is 45.3 Å². The minimum atomic E-state index is -1.71. The van der Waals surface area contributed by atoms with Gasteiger partial charge in [0.2, 0.25) is 11.1 Å². The van der Waals surface area contributed by atoms with Gasteiger partial charge in [0.05, 0.1) is 12.1 Å². The lowest BCUT2D eigenvalue weighted by molar-refractivity contribution is 0.188. The van der Waals surface area contributed by atoms with E-state index in [4.69, 9.17) is 0 Å². The number of piperazine rings is 1. The van der Waals surface area contributed by atoms with Gasteiger partial charge in [-0.1, -0.05) is 12.1 Å². The van der Waals surface area contributed by atoms with Crippen molar-refractivity contribution < 1.29 is 0 Å². The van der Waals surface area contributed by atoms with Crippen molar-refractivity contribution in [3.8, 4) is 24.3 Å². The maximum Gasteiger partial charge on any atom is 0.214 e. The summed E-state index contributed by atoms with van der Waals surface area (Å²) in [6.07, 6.45) is 6.10. The summed E-state index contributed by atoms with van der Waals surface area (Å²) in [5, 5.41) is 45.0. The van der Waals surface area contributed by atoms with Crippen molar-refractivity contribution in [2.75, 3.05) is 0 Å². The molecular formula is C18H12N8. The van der Waals surface area contributed by atoms with Crippen molar-refractivity contribution in [2.24, 2.45) is 0 Å². The first-order valence-electron chi connectivity index (χ1n) is 7.65. The summed E-state index contributed by atoms with van der Waals surface area (Å²) in [7, 11) is 0. The normalized spacial score (nSPS) is 22.8. The number of aromatic nitrogens is 2. The molecule has 0 aromatic carbocycles. The fraction of sp³-hybridized carbons (Fsp3) is 0.222. The Balaban J connectivity index is 2.18. The van der Waals surface area contributed by atoms with Gasteiger partial charge in [-0.25, -0.2) is 0 Å². The molecule has 1 aliphatic heterocycles. The lowest BCUT2D eigenvalue weighted by Crippen LogP contribution is -2.69. The van der Waals surface area contributed by atoms with Crippen LogP contribution in [0.1, 0.15) is 23.2 Å². The van der Waals surface area contributed by atoms with E-state index in [-0.39, 0.29) is 0 Å². The molecule has 8 heteroatoms. The number of hydrogen-bond donors (Lipinski definition) is 2. The quantitative estimate of drug-likeness (QED) is 0.824. The molecule has 2 aromatic heterocycles. The molecule has 2 N–H and O–H groups in total. The number of pyridine rings is 2. The van der Waals surface area contributed by atoms with Gasteiger partial charge >= 0.3 is 0 Å². The molecule has 1 saturated heterocycles. The second-order valence-electron chi connectivity index (χ2n) is 5.79. The Labute approximate surface area is 150 Å². The van der Waals surface area contributed by atoms with Crippen LogP contribution in [0.2, 0.25) is 0 Å². The van der Waals surface area contributed by atoms with E-state index in [2.05, 4.69) is 20.6 Å². The molecular weight excluding hydrogens is 328 g/mol. The van der Waals surface area contributed by atoms with Crippen LogP contribution < -0.4 is 10.6 Å². The Hall–Kier alpha value is -3.82. The first-order chi connectivity index (χ1) is 12.6. The lowest BCUT2D eigenvalue weighted by atomic mass is 9.76. The highest BCUT2D eigenvalue weighted by Gasteiger charge is 2.57. The molecule has 0 bridgehead atoms. The molecule has 124 valence electrons. The molecule has 0 amide bonds. The Morgan fingerprint density at radius 3 is 1.38 bits per heavy atom. The van der Waals surface area contributed by atoms with Gasteiger partial charge < -0.3 is 0 Å². The first-order valence-corrected chi connectivity index (χ1v) is 7.65. The van der Waals surface area contributed by atoms with Gasteiger partial charge in [0.1, 0.15) is 24.3 Å². The van der Waals surface area contributed by atoms with Gasteiger partial charge in [-0.05, 0) is 23.3 Å². The first kappa shape index (κ1) is 17.0. The highest BCUT2D eigenvalue weighted by atomic mass is 15.2. The Kier molecular flexibility index (Phi) is 4.31. The van der Waals surface area contributed by atoms with Gasteiger partial charge in [-0.2, -0.15) is 21.0 Å². The summed E-state index contributed by atoms with van der Waals surface area (Å²) < 4.78 is 0. The van der Waals surface area contributed by atoms with Crippen molar-refractivity contribution in [3.63, 3.8) is 0 Å². The summed E-state index contributed by atoms with van der Waals surface area (Å²) in [5.41, 5.74) is -2.38. The standard InChI is InChI=1S/C18H12N8/c19-9-17(10-20)15(13-3-1-5-23-7-13)25-18(11-21,12-22)16(26-17)14-4-2-6-24-8-14/h1-8,15-16,25-26H/t15-,16-/m1/s1. The summed E-state index contributed by atoms with van der Waals surface area (Å²) in [5.74, 6) is 0. The molecule has 2 aromatic rings. The zero-order chi connectivity index (χ0) is 18.6. The van der Waals surface area contributed by atoms with Crippen molar-refractivity contribution >= 4 is 0 Å². The molecule has 1 fully saturated rings. The van der Waals surface area contributed by atoms with Crippen LogP contribution in [0.3, 0.4) is 0 Å². The molecule has 1 aliphatic rings. The van der Waals surface area contributed by atoms with E-state index in [0.29, 0.717) is 11.1 Å². The molecule has 2 atom stereocenters. The molecule has 0 unspecified atom stereocenters. The molecule has 3 rings (SSSR count). The number of nitriles is 4. The Morgan fingerprint density at radius 1 is 0.731 bits per heavy atom. The zero-order valence-electron chi connectivity index (χ0n) is 13.5. The van der Waals surface area contributed by atoms with Crippen LogP contribution >= 0.6 is 0 Å². The molecule has 26 heavy (non-hydrogen) atoms. The van der Waals surface area contributed by atoms with Crippen LogP contribution in [0.25, 0.3) is 0 Å². The summed E-state index contributed by atoms with van der Waals surface area (Å²) >= 11 is 0. The van der Waals surface area contributed by atoms with Gasteiger partial charge in [0, 0.05) is 24.8 Å². The van der Waals surface area contributed by atoms with E-state index < -0.39 is 23.2 Å². The molecule has 3 heterocycles. The monoisotopic (exact) mass is 340 g/mol. The van der Waals surface area contributed by atoms with E-state index in [1.165, 1.54) is 12.4 Å². The largest absolute Gasteiger partial charge is 0.275 e. The molecule has 0 spiro atoms. The highest BCUT2D eigenvalue weighted by Crippen LogP contribution is 2.39. The van der Waals surface area contributed by atoms with E-state index in [9.17, 15) is 21.0 Å². The van der Waals surface area contributed by atoms with E-state index in [1.54, 1.807) is 36.7 Å². The lowest BCUT2D eigenvalue weighted by Gasteiger charge is -2.46. The maximum atomic E-state index is 9.78. The third kappa shape index (κ3) is 2.53. The minimum Gasteiger partial charge on any atom is -0.275 e. The average molecular weight is 340 g/mol. The van der Waals surface area contributed by atoms with Crippen LogP contribution in [0.15, 0.2) is 49.1 Å². The zero-order valence-corrected chi connectivity index (χ0v) is 13.5. The summed E-state index contributed by atoms with van der Waals surface area (Å²) in [6.45, 7) is 0. The Morgan fingerprint density at radius 2 is 1.12 bits per heavy atom. The molecule has 8 nitrogen and oxygen atoms in total. The number of rotatable bonds is 2. The third-order valence-corrected chi connectivity index (χ3v) is 4.35. The van der Waals surface area contributed by atoms with Gasteiger partial charge in [-0.15, -0.1) is 0 Å². The predicted molar refractivity (Wildman–Crippen MR) is 88.1 cm³/mol. The van der Waals surface area contributed by atoms with E-state index in [0.717, 1.165) is 0 Å². The average Bonchev–Trinajstić information content (AvgIpc) is 2.74. The fourth-order valence-electron chi connectivity index (χ4n) is 3.04. The van der Waals surface area contributed by atoms with Crippen LogP contribution in [0.4, 0.5) is 0 Å². The van der Waals surface area contributed by atoms with Crippen molar-refractivity contribution in [1.82, 2.24) is 20.6 Å². The van der Waals surface area contributed by atoms with Gasteiger partial charge in [-0.3, -0.25) is 20.6 Å². The van der Waals surface area contributed by atoms with E-state index in [1.807, 2.05) is 24.3 Å². The topological polar surface area (TPSA) is 145 Å². The minimum absolute atomic E-state index is 0.516. The SMILES string of the molecule is N#CC1(C#N)N[C@H](c2cccnc2)C(C#N)(C#N)N[C@@H]1c1cccnc1. The van der Waals surface area contributed by atoms with Crippen molar-refractivity contribution in [2.45, 2.75) is 23.2 Å². The maximum absolute atomic E-state index is 9.78. The van der Waals surface area contributed by atoms with Gasteiger partial charge in [0.25, 0.3) is 0 Å². The summed E-state index contributed by atoms with van der Waals surface area (Å²) in [4.78, 5) is 8.02. The Bertz CT molecular complexity index is 849. The molecule has 0 saturated carbocycles. The van der Waals surface area contributed by atoms with Gasteiger partial charge in [0.15, 0.2) is 0 Å². The number of nitrogens with one attached hydrogen (secondary N) is 2. The van der Waals surface area contributed by atoms with Crippen LogP contribution in [0.5, 0.6) is 0 Å². The smallest absolute Gasteiger partial charge is 0.214 e. The number of hydrogen-bond acceptors (Lipinski definition) is 8. The van der Waals surface area contributed by atoms with E-state index >= 15 is 0 Å². The third-order valence-electron chi connectivity index (χ3n) is 4.35. The van der Waals surface area contributed by atoms with Crippen molar-refractivity contribution in [1.29, 1.82) is 21.0 Å². The second-order valence-corrected chi connectivity index (χ2v) is 5.79. The van der Waals surface area contributed by atoms with Crippen LogP contribution in [-0.2, 0) is 0 Å².